The van der Waals surface area contributed by atoms with E-state index in [1.807, 2.05) is 62.4 Å². The fourth-order valence-corrected chi connectivity index (χ4v) is 5.16. The quantitative estimate of drug-likeness (QED) is 0.199. The van der Waals surface area contributed by atoms with Gasteiger partial charge >= 0.3 is 11.3 Å². The van der Waals surface area contributed by atoms with E-state index in [0.717, 1.165) is 57.9 Å². The van der Waals surface area contributed by atoms with Gasteiger partial charge < -0.3 is 19.3 Å². The van der Waals surface area contributed by atoms with E-state index in [4.69, 9.17) is 18.6 Å². The molecule has 1 aromatic heterocycles. The van der Waals surface area contributed by atoms with Gasteiger partial charge in [-0.15, -0.1) is 0 Å². The smallest absolute Gasteiger partial charge is 0.361 e. The molecule has 1 aliphatic carbocycles. The molecular weight excluding hydrogens is 576 g/mol. The number of ether oxygens (including phenoxy) is 3. The Labute approximate surface area is 273 Å². The Balaban J connectivity index is 1.61. The van der Waals surface area contributed by atoms with Gasteiger partial charge in [0.25, 0.3) is 0 Å². The number of aliphatic hydroxyl groups is 1. The molecule has 0 bridgehead atoms. The van der Waals surface area contributed by atoms with E-state index in [1.165, 1.54) is 0 Å². The van der Waals surface area contributed by atoms with Crippen LogP contribution in [0.1, 0.15) is 99.0 Å². The standard InChI is InChI=1S/C40H46O6/c1-11-23(3)43-27-13-15-33-29(21-27)25(19-35(45-33)39(5,6)7)17-31-37(41)32(38(31)42)18-26-20-36(40(8,9)10)46-34-16-14-28(22-30(26)34)44-24(4)12-2/h13-24H,11-12H2,1-10H3/p+1. The maximum absolute atomic E-state index is 13.7. The number of carbonyl (C=O) groups is 1. The second-order valence-electron chi connectivity index (χ2n) is 14.4. The van der Waals surface area contributed by atoms with E-state index in [-0.39, 0.29) is 45.7 Å². The third kappa shape index (κ3) is 6.76. The van der Waals surface area contributed by atoms with Gasteiger partial charge in [0, 0.05) is 28.7 Å². The van der Waals surface area contributed by atoms with Crippen molar-refractivity contribution in [2.24, 2.45) is 5.41 Å². The first-order valence-electron chi connectivity index (χ1n) is 16.3. The highest BCUT2D eigenvalue weighted by Gasteiger charge is 2.35. The predicted octanol–water partition coefficient (Wildman–Crippen LogP) is 10.6. The van der Waals surface area contributed by atoms with Crippen molar-refractivity contribution in [1.82, 2.24) is 0 Å². The first-order chi connectivity index (χ1) is 21.6. The average molecular weight is 624 g/mol. The van der Waals surface area contributed by atoms with Crippen molar-refractivity contribution in [2.45, 2.75) is 99.7 Å². The van der Waals surface area contributed by atoms with Crippen LogP contribution in [0.5, 0.6) is 17.2 Å². The summed E-state index contributed by atoms with van der Waals surface area (Å²) in [6.45, 7) is 20.7. The molecule has 0 spiro atoms. The molecule has 5 rings (SSSR count). The number of benzene rings is 2. The maximum atomic E-state index is 13.7. The second-order valence-corrected chi connectivity index (χ2v) is 14.4. The lowest BCUT2D eigenvalue weighted by molar-refractivity contribution is -0.113. The summed E-state index contributed by atoms with van der Waals surface area (Å²) in [5.74, 6) is 3.41. The number of aliphatic hydroxyl groups excluding tert-OH is 1. The van der Waals surface area contributed by atoms with E-state index in [0.29, 0.717) is 11.3 Å². The molecule has 0 amide bonds. The van der Waals surface area contributed by atoms with Gasteiger partial charge in [-0.25, -0.2) is 4.42 Å². The molecular formula is C40H47O6+. The Morgan fingerprint density at radius 3 is 2.09 bits per heavy atom. The molecule has 46 heavy (non-hydrogen) atoms. The molecule has 6 heteroatoms. The Hall–Kier alpha value is -4.32. The van der Waals surface area contributed by atoms with Gasteiger partial charge in [-0.2, -0.15) is 0 Å². The number of hydrogen-bond acceptors (Lipinski definition) is 5. The van der Waals surface area contributed by atoms with Crippen LogP contribution in [0, 0.1) is 5.41 Å². The summed E-state index contributed by atoms with van der Waals surface area (Å²) in [5, 5.41) is 12.1. The number of allylic oxidation sites excluding steroid dienone is 6. The molecule has 0 radical (unpaired) electrons. The zero-order chi connectivity index (χ0) is 33.6. The third-order valence-electron chi connectivity index (χ3n) is 8.44. The summed E-state index contributed by atoms with van der Waals surface area (Å²) in [5.41, 5.74) is 3.02. The van der Waals surface area contributed by atoms with Crippen LogP contribution in [0.3, 0.4) is 0 Å². The lowest BCUT2D eigenvalue weighted by Gasteiger charge is -2.29. The van der Waals surface area contributed by atoms with E-state index in [2.05, 4.69) is 55.4 Å². The first-order valence-corrected chi connectivity index (χ1v) is 16.3. The second kappa shape index (κ2) is 12.5. The zero-order valence-electron chi connectivity index (χ0n) is 28.8. The van der Waals surface area contributed by atoms with Crippen LogP contribution >= 0.6 is 0 Å². The molecule has 6 nitrogen and oxygen atoms in total. The summed E-state index contributed by atoms with van der Waals surface area (Å²) >= 11 is 0. The summed E-state index contributed by atoms with van der Waals surface area (Å²) < 4.78 is 24.8. The van der Waals surface area contributed by atoms with Gasteiger partial charge in [0.2, 0.25) is 5.78 Å². The lowest BCUT2D eigenvalue weighted by atomic mass is 9.83. The third-order valence-corrected chi connectivity index (χ3v) is 8.44. The van der Waals surface area contributed by atoms with Crippen molar-refractivity contribution in [3.8, 4) is 17.2 Å². The Morgan fingerprint density at radius 1 is 0.870 bits per heavy atom. The zero-order valence-corrected chi connectivity index (χ0v) is 28.8. The van der Waals surface area contributed by atoms with Gasteiger partial charge in [0.1, 0.15) is 28.8 Å². The molecule has 0 fully saturated rings. The Morgan fingerprint density at radius 2 is 1.50 bits per heavy atom. The number of carbonyl (C=O) groups excluding carboxylic acids is 1. The van der Waals surface area contributed by atoms with Gasteiger partial charge in [0.05, 0.1) is 34.2 Å². The summed E-state index contributed by atoms with van der Waals surface area (Å²) in [4.78, 5) is 13.7. The van der Waals surface area contributed by atoms with E-state index in [9.17, 15) is 9.90 Å². The average Bonchev–Trinajstić information content (AvgIpc) is 3.00. The van der Waals surface area contributed by atoms with Crippen LogP contribution in [0.4, 0.5) is 0 Å². The number of hydrogen-bond donors (Lipinski definition) is 1. The number of Topliss-reactive ketones (excluding diaryl/α,β-unsaturated/α-hetero) is 1. The molecule has 3 aromatic rings. The van der Waals surface area contributed by atoms with Crippen molar-refractivity contribution in [3.63, 3.8) is 0 Å². The largest absolute Gasteiger partial charge is 0.506 e. The Bertz CT molecular complexity index is 1810. The fraction of sp³-hybridized carbons (Fsp3) is 0.400. The summed E-state index contributed by atoms with van der Waals surface area (Å²) in [6, 6.07) is 13.4. The molecule has 2 atom stereocenters. The predicted molar refractivity (Wildman–Crippen MR) is 185 cm³/mol. The molecule has 242 valence electrons. The van der Waals surface area contributed by atoms with Crippen LogP contribution in [0.15, 0.2) is 81.7 Å². The highest BCUT2D eigenvalue weighted by atomic mass is 16.5. The van der Waals surface area contributed by atoms with Crippen molar-refractivity contribution in [2.75, 3.05) is 0 Å². The van der Waals surface area contributed by atoms with Crippen LogP contribution in [-0.2, 0) is 10.2 Å². The monoisotopic (exact) mass is 623 g/mol. The van der Waals surface area contributed by atoms with Gasteiger partial charge in [-0.3, -0.25) is 4.79 Å². The van der Waals surface area contributed by atoms with E-state index in [1.54, 1.807) is 12.2 Å². The Kier molecular flexibility index (Phi) is 8.96. The molecule has 0 saturated carbocycles. The van der Waals surface area contributed by atoms with E-state index < -0.39 is 0 Å². The first kappa shape index (κ1) is 33.1. The molecule has 0 saturated heterocycles. The van der Waals surface area contributed by atoms with Crippen LogP contribution in [0.25, 0.3) is 22.6 Å². The van der Waals surface area contributed by atoms with Crippen LogP contribution < -0.4 is 14.2 Å². The number of rotatable bonds is 8. The minimum atomic E-state index is -0.268. The van der Waals surface area contributed by atoms with Gasteiger partial charge in [-0.1, -0.05) is 34.6 Å². The highest BCUT2D eigenvalue weighted by molar-refractivity contribution is 6.24. The van der Waals surface area contributed by atoms with Crippen molar-refractivity contribution in [3.05, 3.63) is 94.2 Å². The molecule has 2 unspecified atom stereocenters. The van der Waals surface area contributed by atoms with Crippen LogP contribution in [0.2, 0.25) is 0 Å². The van der Waals surface area contributed by atoms with Gasteiger partial charge in [-0.05, 0) is 102 Å². The molecule has 1 aliphatic heterocycles. The summed E-state index contributed by atoms with van der Waals surface area (Å²) in [7, 11) is 0. The minimum absolute atomic E-state index is 0.0403. The SMILES string of the molecule is CCC(C)Oc1ccc2c(c1)C(=CC1=C(O)C(=Cc3cc(C(C)(C)C)[o+]c4ccc(OC(C)CC)cc34)C1=O)C=C(C(C)(C)C)O2. The number of ketones is 1. The van der Waals surface area contributed by atoms with Crippen LogP contribution in [-0.4, -0.2) is 23.1 Å². The van der Waals surface area contributed by atoms with E-state index >= 15 is 0 Å². The van der Waals surface area contributed by atoms with Crippen molar-refractivity contribution < 1.29 is 28.5 Å². The lowest BCUT2D eigenvalue weighted by Crippen LogP contribution is -2.22. The topological polar surface area (TPSA) is 76.3 Å². The maximum Gasteiger partial charge on any atom is 0.361 e. The molecule has 2 aliphatic rings. The van der Waals surface area contributed by atoms with Crippen molar-refractivity contribution >= 4 is 28.4 Å². The molecule has 2 aromatic carbocycles. The minimum Gasteiger partial charge on any atom is -0.506 e. The van der Waals surface area contributed by atoms with Crippen molar-refractivity contribution in [1.29, 1.82) is 0 Å². The highest BCUT2D eigenvalue weighted by Crippen LogP contribution is 2.43. The molecule has 2 heterocycles. The number of fused-ring (bicyclic) bond motifs is 2. The van der Waals surface area contributed by atoms with Gasteiger partial charge in [0.15, 0.2) is 0 Å². The normalized spacial score (nSPS) is 18.2. The fourth-order valence-electron chi connectivity index (χ4n) is 5.16. The summed E-state index contributed by atoms with van der Waals surface area (Å²) in [6.07, 6.45) is 7.33. The molecule has 1 N–H and O–H groups in total.